The number of nitrogens with zero attached hydrogens (tertiary/aromatic N) is 1. The van der Waals surface area contributed by atoms with Gasteiger partial charge in [0.05, 0.1) is 6.54 Å². The van der Waals surface area contributed by atoms with Crippen molar-refractivity contribution in [2.75, 3.05) is 11.9 Å². The SMILES string of the molecule is CC(O)(CNC(=O)C(=O)Nc1ccon1)c1ccccc1. The minimum atomic E-state index is -1.27. The van der Waals surface area contributed by atoms with Gasteiger partial charge in [0.2, 0.25) is 0 Å². The van der Waals surface area contributed by atoms with E-state index in [0.29, 0.717) is 5.56 Å². The van der Waals surface area contributed by atoms with E-state index in [9.17, 15) is 14.7 Å². The summed E-state index contributed by atoms with van der Waals surface area (Å²) in [6.45, 7) is 1.46. The number of amides is 2. The maximum atomic E-state index is 11.7. The number of nitrogens with one attached hydrogen (secondary N) is 2. The molecule has 0 radical (unpaired) electrons. The molecule has 0 saturated heterocycles. The third-order valence-corrected chi connectivity index (χ3v) is 2.87. The second-order valence-electron chi connectivity index (χ2n) is 4.66. The van der Waals surface area contributed by atoms with Crippen molar-refractivity contribution in [1.29, 1.82) is 0 Å². The first kappa shape index (κ1) is 14.7. The quantitative estimate of drug-likeness (QED) is 0.716. The zero-order valence-electron chi connectivity index (χ0n) is 11.4. The maximum Gasteiger partial charge on any atom is 0.314 e. The zero-order valence-corrected chi connectivity index (χ0v) is 11.4. The highest BCUT2D eigenvalue weighted by Gasteiger charge is 2.25. The van der Waals surface area contributed by atoms with Gasteiger partial charge in [0.15, 0.2) is 5.82 Å². The van der Waals surface area contributed by atoms with E-state index < -0.39 is 17.4 Å². The van der Waals surface area contributed by atoms with Gasteiger partial charge >= 0.3 is 11.8 Å². The van der Waals surface area contributed by atoms with Gasteiger partial charge in [0, 0.05) is 6.07 Å². The normalized spacial score (nSPS) is 13.2. The number of carbonyl (C=O) groups excluding carboxylic acids is 2. The van der Waals surface area contributed by atoms with Gasteiger partial charge in [-0.25, -0.2) is 0 Å². The molecule has 7 heteroatoms. The number of aromatic nitrogens is 1. The molecular weight excluding hydrogens is 274 g/mol. The molecule has 1 atom stereocenters. The molecule has 110 valence electrons. The Morgan fingerprint density at radius 3 is 2.57 bits per heavy atom. The number of anilines is 1. The third kappa shape index (κ3) is 3.90. The van der Waals surface area contributed by atoms with Gasteiger partial charge in [-0.1, -0.05) is 35.5 Å². The smallest absolute Gasteiger partial charge is 0.314 e. The van der Waals surface area contributed by atoms with Gasteiger partial charge < -0.3 is 14.9 Å². The Morgan fingerprint density at radius 2 is 1.95 bits per heavy atom. The van der Waals surface area contributed by atoms with Crippen LogP contribution in [0.1, 0.15) is 12.5 Å². The van der Waals surface area contributed by atoms with E-state index in [-0.39, 0.29) is 12.4 Å². The molecule has 0 aliphatic carbocycles. The molecule has 1 unspecified atom stereocenters. The summed E-state index contributed by atoms with van der Waals surface area (Å²) in [5, 5.41) is 18.4. The third-order valence-electron chi connectivity index (χ3n) is 2.87. The molecule has 0 spiro atoms. The Labute approximate surface area is 120 Å². The molecule has 1 aromatic carbocycles. The van der Waals surface area contributed by atoms with Crippen LogP contribution in [0.25, 0.3) is 0 Å². The molecule has 21 heavy (non-hydrogen) atoms. The molecule has 0 saturated carbocycles. The highest BCUT2D eigenvalue weighted by molar-refractivity contribution is 6.39. The van der Waals surface area contributed by atoms with Crippen LogP contribution >= 0.6 is 0 Å². The number of rotatable bonds is 4. The first-order valence-corrected chi connectivity index (χ1v) is 6.26. The van der Waals surface area contributed by atoms with Crippen LogP contribution in [0.3, 0.4) is 0 Å². The second-order valence-corrected chi connectivity index (χ2v) is 4.66. The lowest BCUT2D eigenvalue weighted by molar-refractivity contribution is -0.136. The van der Waals surface area contributed by atoms with Crippen LogP contribution in [-0.2, 0) is 15.2 Å². The van der Waals surface area contributed by atoms with Crippen LogP contribution < -0.4 is 10.6 Å². The van der Waals surface area contributed by atoms with Crippen LogP contribution in [0.5, 0.6) is 0 Å². The van der Waals surface area contributed by atoms with Gasteiger partial charge in [0.25, 0.3) is 0 Å². The maximum absolute atomic E-state index is 11.7. The van der Waals surface area contributed by atoms with Gasteiger partial charge in [0.1, 0.15) is 11.9 Å². The molecule has 2 amide bonds. The molecule has 0 aliphatic heterocycles. The predicted molar refractivity (Wildman–Crippen MR) is 74.2 cm³/mol. The molecule has 1 heterocycles. The van der Waals surface area contributed by atoms with Crippen molar-refractivity contribution in [2.45, 2.75) is 12.5 Å². The lowest BCUT2D eigenvalue weighted by Gasteiger charge is -2.23. The summed E-state index contributed by atoms with van der Waals surface area (Å²) < 4.78 is 4.53. The summed E-state index contributed by atoms with van der Waals surface area (Å²) in [5.41, 5.74) is -0.632. The summed E-state index contributed by atoms with van der Waals surface area (Å²) in [6.07, 6.45) is 1.27. The van der Waals surface area contributed by atoms with E-state index >= 15 is 0 Å². The molecule has 2 aromatic rings. The minimum absolute atomic E-state index is 0.0952. The molecular formula is C14H15N3O4. The van der Waals surface area contributed by atoms with E-state index in [2.05, 4.69) is 20.3 Å². The fourth-order valence-electron chi connectivity index (χ4n) is 1.68. The number of carbonyl (C=O) groups is 2. The molecule has 2 rings (SSSR count). The van der Waals surface area contributed by atoms with E-state index in [0.717, 1.165) is 0 Å². The highest BCUT2D eigenvalue weighted by Crippen LogP contribution is 2.18. The largest absolute Gasteiger partial charge is 0.384 e. The molecule has 0 bridgehead atoms. The van der Waals surface area contributed by atoms with Crippen LogP contribution in [0.4, 0.5) is 5.82 Å². The Kier molecular flexibility index (Phi) is 4.34. The fourth-order valence-corrected chi connectivity index (χ4v) is 1.68. The predicted octanol–water partition coefficient (Wildman–Crippen LogP) is 0.637. The van der Waals surface area contributed by atoms with Crippen molar-refractivity contribution < 1.29 is 19.2 Å². The van der Waals surface area contributed by atoms with E-state index in [1.165, 1.54) is 12.3 Å². The van der Waals surface area contributed by atoms with E-state index in [1.807, 2.05) is 6.07 Å². The summed E-state index contributed by atoms with van der Waals surface area (Å²) in [6, 6.07) is 10.3. The Hall–Kier alpha value is -2.67. The summed E-state index contributed by atoms with van der Waals surface area (Å²) in [7, 11) is 0. The van der Waals surface area contributed by atoms with Gasteiger partial charge in [-0.3, -0.25) is 14.9 Å². The molecule has 0 fully saturated rings. The van der Waals surface area contributed by atoms with Crippen LogP contribution in [0.2, 0.25) is 0 Å². The topological polar surface area (TPSA) is 104 Å². The molecule has 1 aromatic heterocycles. The second kappa shape index (κ2) is 6.19. The summed E-state index contributed by atoms with van der Waals surface area (Å²) >= 11 is 0. The van der Waals surface area contributed by atoms with Crippen LogP contribution in [0, 0.1) is 0 Å². The van der Waals surface area contributed by atoms with Crippen molar-refractivity contribution in [3.63, 3.8) is 0 Å². The van der Waals surface area contributed by atoms with Crippen LogP contribution in [-0.4, -0.2) is 28.6 Å². The van der Waals surface area contributed by atoms with Crippen molar-refractivity contribution in [2.24, 2.45) is 0 Å². The van der Waals surface area contributed by atoms with E-state index in [4.69, 9.17) is 0 Å². The number of hydrogen-bond donors (Lipinski definition) is 3. The first-order chi connectivity index (χ1) is 9.99. The number of benzene rings is 1. The Morgan fingerprint density at radius 1 is 1.24 bits per heavy atom. The van der Waals surface area contributed by atoms with Crippen molar-refractivity contribution in [3.05, 3.63) is 48.2 Å². The van der Waals surface area contributed by atoms with Crippen LogP contribution in [0.15, 0.2) is 47.2 Å². The van der Waals surface area contributed by atoms with Crippen molar-refractivity contribution in [1.82, 2.24) is 10.5 Å². The monoisotopic (exact) mass is 289 g/mol. The van der Waals surface area contributed by atoms with Crippen molar-refractivity contribution in [3.8, 4) is 0 Å². The van der Waals surface area contributed by atoms with Gasteiger partial charge in [-0.15, -0.1) is 0 Å². The van der Waals surface area contributed by atoms with Gasteiger partial charge in [-0.05, 0) is 12.5 Å². The van der Waals surface area contributed by atoms with Gasteiger partial charge in [-0.2, -0.15) is 0 Å². The fraction of sp³-hybridized carbons (Fsp3) is 0.214. The number of aliphatic hydroxyl groups is 1. The molecule has 7 nitrogen and oxygen atoms in total. The van der Waals surface area contributed by atoms with E-state index in [1.54, 1.807) is 31.2 Å². The number of hydrogen-bond acceptors (Lipinski definition) is 5. The molecule has 0 aliphatic rings. The Balaban J connectivity index is 1.90. The minimum Gasteiger partial charge on any atom is -0.384 e. The standard InChI is InChI=1S/C14H15N3O4/c1-14(20,10-5-3-2-4-6-10)9-15-12(18)13(19)16-11-7-8-21-17-11/h2-8,20H,9H2,1H3,(H,15,18)(H,16,17,19). The lowest BCUT2D eigenvalue weighted by Crippen LogP contribution is -2.43. The lowest BCUT2D eigenvalue weighted by atomic mass is 9.96. The summed E-state index contributed by atoms with van der Waals surface area (Å²) in [4.78, 5) is 23.2. The molecule has 3 N–H and O–H groups in total. The Bertz CT molecular complexity index is 608. The highest BCUT2D eigenvalue weighted by atomic mass is 16.5. The van der Waals surface area contributed by atoms with Crippen molar-refractivity contribution >= 4 is 17.6 Å². The first-order valence-electron chi connectivity index (χ1n) is 6.26. The zero-order chi connectivity index (χ0) is 15.3. The average molecular weight is 289 g/mol. The summed E-state index contributed by atoms with van der Waals surface area (Å²) in [5.74, 6) is -1.60. The average Bonchev–Trinajstić information content (AvgIpc) is 2.98.